The Balaban J connectivity index is 2.72. The van der Waals surface area contributed by atoms with Crippen LogP contribution < -0.4 is 4.74 Å². The predicted octanol–water partition coefficient (Wildman–Crippen LogP) is 3.25. The Labute approximate surface area is 142 Å². The van der Waals surface area contributed by atoms with E-state index in [9.17, 15) is 10.1 Å². The summed E-state index contributed by atoms with van der Waals surface area (Å²) in [5.41, 5.74) is 0.809. The SMILES string of the molecule is CCOC(=O)c1nc(CC)n(-c2ccc(Br)cc2OC)c1C#N. The lowest BCUT2D eigenvalue weighted by Gasteiger charge is -2.13. The number of imidazole rings is 1. The van der Waals surface area contributed by atoms with E-state index < -0.39 is 5.97 Å². The standard InChI is InChI=1S/C16H16BrN3O3/c1-4-14-19-15(16(21)23-5-2)12(9-18)20(14)11-7-6-10(17)8-13(11)22-3/h6-8H,4-5H2,1-3H3. The van der Waals surface area contributed by atoms with Crippen LogP contribution in [0.4, 0.5) is 0 Å². The molecule has 0 spiro atoms. The molecule has 0 bridgehead atoms. The highest BCUT2D eigenvalue weighted by Gasteiger charge is 2.25. The van der Waals surface area contributed by atoms with Gasteiger partial charge in [0.1, 0.15) is 17.6 Å². The normalized spacial score (nSPS) is 10.2. The summed E-state index contributed by atoms with van der Waals surface area (Å²) in [6, 6.07) is 7.49. The van der Waals surface area contributed by atoms with Crippen LogP contribution in [0.25, 0.3) is 5.69 Å². The van der Waals surface area contributed by atoms with Crippen LogP contribution in [0.15, 0.2) is 22.7 Å². The van der Waals surface area contributed by atoms with Crippen LogP contribution in [-0.2, 0) is 11.2 Å². The topological polar surface area (TPSA) is 77.1 Å². The first-order valence-electron chi connectivity index (χ1n) is 7.10. The van der Waals surface area contributed by atoms with Gasteiger partial charge in [0, 0.05) is 10.9 Å². The van der Waals surface area contributed by atoms with Gasteiger partial charge in [-0.1, -0.05) is 22.9 Å². The Morgan fingerprint density at radius 3 is 2.74 bits per heavy atom. The van der Waals surface area contributed by atoms with Gasteiger partial charge in [-0.15, -0.1) is 0 Å². The zero-order valence-electron chi connectivity index (χ0n) is 13.1. The number of nitriles is 1. The Morgan fingerprint density at radius 2 is 2.17 bits per heavy atom. The second-order valence-electron chi connectivity index (χ2n) is 4.56. The van der Waals surface area contributed by atoms with Gasteiger partial charge in [-0.25, -0.2) is 9.78 Å². The third-order valence-corrected chi connectivity index (χ3v) is 3.71. The molecule has 0 unspecified atom stereocenters. The lowest BCUT2D eigenvalue weighted by atomic mass is 10.2. The molecule has 1 aromatic heterocycles. The van der Waals surface area contributed by atoms with E-state index in [2.05, 4.69) is 27.0 Å². The minimum absolute atomic E-state index is 0.0242. The van der Waals surface area contributed by atoms with Gasteiger partial charge in [0.05, 0.1) is 19.4 Å². The van der Waals surface area contributed by atoms with Gasteiger partial charge < -0.3 is 9.47 Å². The molecule has 0 aliphatic heterocycles. The van der Waals surface area contributed by atoms with E-state index in [1.54, 1.807) is 30.7 Å². The zero-order chi connectivity index (χ0) is 17.0. The summed E-state index contributed by atoms with van der Waals surface area (Å²) in [5.74, 6) is 0.553. The summed E-state index contributed by atoms with van der Waals surface area (Å²) in [6.45, 7) is 3.83. The van der Waals surface area contributed by atoms with Gasteiger partial charge >= 0.3 is 5.97 Å². The fourth-order valence-electron chi connectivity index (χ4n) is 2.24. The van der Waals surface area contributed by atoms with Crippen LogP contribution >= 0.6 is 15.9 Å². The number of rotatable bonds is 5. The van der Waals surface area contributed by atoms with Crippen molar-refractivity contribution in [2.24, 2.45) is 0 Å². The average molecular weight is 378 g/mol. The highest BCUT2D eigenvalue weighted by Crippen LogP contribution is 2.30. The Kier molecular flexibility index (Phi) is 5.40. The monoisotopic (exact) mass is 377 g/mol. The molecule has 0 radical (unpaired) electrons. The van der Waals surface area contributed by atoms with E-state index in [0.717, 1.165) is 4.47 Å². The lowest BCUT2D eigenvalue weighted by molar-refractivity contribution is 0.0519. The molecule has 2 rings (SSSR count). The Hall–Kier alpha value is -2.33. The maximum Gasteiger partial charge on any atom is 0.359 e. The van der Waals surface area contributed by atoms with E-state index in [4.69, 9.17) is 9.47 Å². The van der Waals surface area contributed by atoms with Crippen LogP contribution in [0.3, 0.4) is 0 Å². The Bertz CT molecular complexity index is 778. The molecule has 6 nitrogen and oxygen atoms in total. The number of hydrogen-bond acceptors (Lipinski definition) is 5. The van der Waals surface area contributed by atoms with E-state index in [1.807, 2.05) is 13.0 Å². The quantitative estimate of drug-likeness (QED) is 0.747. The molecule has 2 aromatic rings. The molecule has 1 aromatic carbocycles. The first kappa shape index (κ1) is 17.0. The fraction of sp³-hybridized carbons (Fsp3) is 0.312. The molecular weight excluding hydrogens is 362 g/mol. The molecule has 0 aliphatic rings. The molecule has 0 fully saturated rings. The number of carbonyl (C=O) groups is 1. The second-order valence-corrected chi connectivity index (χ2v) is 5.48. The second kappa shape index (κ2) is 7.29. The number of esters is 1. The number of hydrogen-bond donors (Lipinski definition) is 0. The highest BCUT2D eigenvalue weighted by atomic mass is 79.9. The number of aromatic nitrogens is 2. The molecule has 0 N–H and O–H groups in total. The minimum Gasteiger partial charge on any atom is -0.495 e. The van der Waals surface area contributed by atoms with Gasteiger partial charge in [0.2, 0.25) is 0 Å². The van der Waals surface area contributed by atoms with Gasteiger partial charge in [0.25, 0.3) is 0 Å². The number of methoxy groups -OCH3 is 1. The molecule has 0 saturated carbocycles. The third kappa shape index (κ3) is 3.22. The summed E-state index contributed by atoms with van der Waals surface area (Å²) >= 11 is 3.39. The summed E-state index contributed by atoms with van der Waals surface area (Å²) in [6.07, 6.45) is 0.549. The lowest BCUT2D eigenvalue weighted by Crippen LogP contribution is -2.09. The van der Waals surface area contributed by atoms with Crippen molar-refractivity contribution in [2.45, 2.75) is 20.3 Å². The van der Waals surface area contributed by atoms with Gasteiger partial charge in [-0.3, -0.25) is 4.57 Å². The molecular formula is C16H16BrN3O3. The van der Waals surface area contributed by atoms with E-state index in [0.29, 0.717) is 23.7 Å². The van der Waals surface area contributed by atoms with Crippen LogP contribution in [0, 0.1) is 11.3 Å². The maximum atomic E-state index is 12.1. The first-order chi connectivity index (χ1) is 11.1. The fourth-order valence-corrected chi connectivity index (χ4v) is 2.58. The number of ether oxygens (including phenoxy) is 2. The van der Waals surface area contributed by atoms with E-state index in [-0.39, 0.29) is 18.0 Å². The van der Waals surface area contributed by atoms with Crippen molar-refractivity contribution in [2.75, 3.05) is 13.7 Å². The van der Waals surface area contributed by atoms with Crippen LogP contribution in [0.1, 0.15) is 35.9 Å². The van der Waals surface area contributed by atoms with Gasteiger partial charge in [-0.05, 0) is 25.1 Å². The van der Waals surface area contributed by atoms with Crippen molar-refractivity contribution in [3.8, 4) is 17.5 Å². The molecule has 0 saturated heterocycles. The average Bonchev–Trinajstić information content (AvgIpc) is 2.93. The summed E-state index contributed by atoms with van der Waals surface area (Å²) in [7, 11) is 1.55. The van der Waals surface area contributed by atoms with Crippen LogP contribution in [-0.4, -0.2) is 29.2 Å². The molecule has 0 amide bonds. The Morgan fingerprint density at radius 1 is 1.43 bits per heavy atom. The van der Waals surface area contributed by atoms with Gasteiger partial charge in [0.15, 0.2) is 11.4 Å². The van der Waals surface area contributed by atoms with Crippen molar-refractivity contribution in [3.63, 3.8) is 0 Å². The van der Waals surface area contributed by atoms with Crippen molar-refractivity contribution < 1.29 is 14.3 Å². The van der Waals surface area contributed by atoms with Crippen molar-refractivity contribution in [3.05, 3.63) is 39.9 Å². The van der Waals surface area contributed by atoms with Gasteiger partial charge in [-0.2, -0.15) is 5.26 Å². The van der Waals surface area contributed by atoms with Crippen molar-refractivity contribution in [1.82, 2.24) is 9.55 Å². The molecule has 1 heterocycles. The van der Waals surface area contributed by atoms with Crippen LogP contribution in [0.2, 0.25) is 0 Å². The number of nitrogens with zero attached hydrogens (tertiary/aromatic N) is 3. The summed E-state index contributed by atoms with van der Waals surface area (Å²) in [4.78, 5) is 16.3. The number of aryl methyl sites for hydroxylation is 1. The first-order valence-corrected chi connectivity index (χ1v) is 7.89. The van der Waals surface area contributed by atoms with Crippen molar-refractivity contribution >= 4 is 21.9 Å². The highest BCUT2D eigenvalue weighted by molar-refractivity contribution is 9.10. The molecule has 0 aliphatic carbocycles. The molecule has 23 heavy (non-hydrogen) atoms. The summed E-state index contributed by atoms with van der Waals surface area (Å²) in [5, 5.41) is 9.54. The number of carbonyl (C=O) groups excluding carboxylic acids is 1. The van der Waals surface area contributed by atoms with Crippen molar-refractivity contribution in [1.29, 1.82) is 5.26 Å². The summed E-state index contributed by atoms with van der Waals surface area (Å²) < 4.78 is 12.9. The molecule has 120 valence electrons. The van der Waals surface area contributed by atoms with E-state index >= 15 is 0 Å². The smallest absolute Gasteiger partial charge is 0.359 e. The van der Waals surface area contributed by atoms with E-state index in [1.165, 1.54) is 0 Å². The van der Waals surface area contributed by atoms with Crippen LogP contribution in [0.5, 0.6) is 5.75 Å². The molecule has 0 atom stereocenters. The zero-order valence-corrected chi connectivity index (χ0v) is 14.7. The third-order valence-electron chi connectivity index (χ3n) is 3.22. The number of halogens is 1. The largest absolute Gasteiger partial charge is 0.495 e. The number of benzene rings is 1. The maximum absolute atomic E-state index is 12.1. The molecule has 7 heteroatoms. The predicted molar refractivity (Wildman–Crippen MR) is 87.9 cm³/mol. The minimum atomic E-state index is -0.603.